The second-order valence-electron chi connectivity index (χ2n) is 3.60. The van der Waals surface area contributed by atoms with Crippen LogP contribution in [0.4, 0.5) is 0 Å². The number of aromatic nitrogens is 1. The smallest absolute Gasteiger partial charge is 0.106 e. The van der Waals surface area contributed by atoms with Crippen LogP contribution in [0.2, 0.25) is 0 Å². The predicted molar refractivity (Wildman–Crippen MR) is 77.3 cm³/mol. The van der Waals surface area contributed by atoms with Gasteiger partial charge in [0.15, 0.2) is 0 Å². The summed E-state index contributed by atoms with van der Waals surface area (Å²) in [6.07, 6.45) is 0.961. The molecule has 90 valence electrons. The zero-order valence-electron chi connectivity index (χ0n) is 10.6. The van der Waals surface area contributed by atoms with E-state index in [2.05, 4.69) is 57.3 Å². The van der Waals surface area contributed by atoms with Gasteiger partial charge in [-0.3, -0.25) is 0 Å². The van der Waals surface area contributed by atoms with Crippen molar-refractivity contribution in [2.45, 2.75) is 27.2 Å². The van der Waals surface area contributed by atoms with Crippen molar-refractivity contribution in [3.05, 3.63) is 63.9 Å². The highest BCUT2D eigenvalue weighted by Gasteiger charge is 1.99. The molecule has 0 N–H and O–H groups in total. The second-order valence-corrected chi connectivity index (χ2v) is 4.41. The molecule has 1 heterocycles. The Hall–Kier alpha value is -1.15. The minimum Gasteiger partial charge on any atom is -0.246 e. The molecule has 0 unspecified atom stereocenters. The molecule has 0 aliphatic heterocycles. The number of rotatable bonds is 2. The van der Waals surface area contributed by atoms with Crippen LogP contribution in [0.15, 0.2) is 47.1 Å². The lowest BCUT2D eigenvalue weighted by atomic mass is 10.1. The molecular formula is C15H18BrN. The number of nitrogens with zero attached hydrogens (tertiary/aromatic N) is 1. The first-order chi connectivity index (χ1) is 8.24. The Kier molecular flexibility index (Phi) is 5.92. The predicted octanol–water partition coefficient (Wildman–Crippen LogP) is 4.77. The molecule has 0 fully saturated rings. The molecule has 1 aromatic carbocycles. The van der Waals surface area contributed by atoms with Crippen molar-refractivity contribution < 1.29 is 0 Å². The number of hydrogen-bond donors (Lipinski definition) is 0. The lowest BCUT2D eigenvalue weighted by Gasteiger charge is -2.03. The summed E-state index contributed by atoms with van der Waals surface area (Å²) in [5.74, 6) is 0. The van der Waals surface area contributed by atoms with E-state index in [1.807, 2.05) is 26.8 Å². The molecule has 0 atom stereocenters. The van der Waals surface area contributed by atoms with Crippen molar-refractivity contribution in [2.24, 2.45) is 0 Å². The fourth-order valence-electron chi connectivity index (χ4n) is 1.63. The summed E-state index contributed by atoms with van der Waals surface area (Å²) in [5, 5.41) is 0. The van der Waals surface area contributed by atoms with Crippen molar-refractivity contribution in [3.63, 3.8) is 0 Å². The van der Waals surface area contributed by atoms with E-state index in [-0.39, 0.29) is 0 Å². The van der Waals surface area contributed by atoms with Gasteiger partial charge in [-0.15, -0.1) is 0 Å². The van der Waals surface area contributed by atoms with Crippen molar-refractivity contribution in [1.82, 2.24) is 4.98 Å². The van der Waals surface area contributed by atoms with Crippen LogP contribution in [0.1, 0.15) is 30.7 Å². The Morgan fingerprint density at radius 2 is 1.65 bits per heavy atom. The van der Waals surface area contributed by atoms with Gasteiger partial charge in [0.05, 0.1) is 0 Å². The van der Waals surface area contributed by atoms with Crippen LogP contribution in [-0.4, -0.2) is 4.98 Å². The Balaban J connectivity index is 0.000000686. The third kappa shape index (κ3) is 4.70. The Morgan fingerprint density at radius 3 is 2.24 bits per heavy atom. The maximum absolute atomic E-state index is 4.29. The molecule has 0 aliphatic rings. The highest BCUT2D eigenvalue weighted by molar-refractivity contribution is 9.10. The van der Waals surface area contributed by atoms with Crippen LogP contribution in [0.3, 0.4) is 0 Å². The van der Waals surface area contributed by atoms with E-state index >= 15 is 0 Å². The maximum atomic E-state index is 4.29. The zero-order chi connectivity index (χ0) is 12.7. The molecule has 0 aliphatic carbocycles. The maximum Gasteiger partial charge on any atom is 0.106 e. The lowest BCUT2D eigenvalue weighted by Crippen LogP contribution is -1.91. The van der Waals surface area contributed by atoms with Gasteiger partial charge in [-0.05, 0) is 52.5 Å². The van der Waals surface area contributed by atoms with Crippen molar-refractivity contribution in [3.8, 4) is 0 Å². The van der Waals surface area contributed by atoms with Gasteiger partial charge < -0.3 is 0 Å². The van der Waals surface area contributed by atoms with Gasteiger partial charge >= 0.3 is 0 Å². The molecule has 17 heavy (non-hydrogen) atoms. The van der Waals surface area contributed by atoms with E-state index in [4.69, 9.17) is 0 Å². The van der Waals surface area contributed by atoms with E-state index in [0.29, 0.717) is 0 Å². The molecule has 0 amide bonds. The number of halogens is 1. The average Bonchev–Trinajstić information content (AvgIpc) is 2.31. The molecule has 0 saturated carbocycles. The molecular weight excluding hydrogens is 274 g/mol. The van der Waals surface area contributed by atoms with Crippen LogP contribution in [-0.2, 0) is 6.42 Å². The first kappa shape index (κ1) is 13.9. The minimum atomic E-state index is 0.911. The second kappa shape index (κ2) is 7.23. The van der Waals surface area contributed by atoms with Gasteiger partial charge in [-0.25, -0.2) is 4.98 Å². The molecule has 2 rings (SSSR count). The van der Waals surface area contributed by atoms with Gasteiger partial charge in [0.25, 0.3) is 0 Å². The van der Waals surface area contributed by atoms with Crippen LogP contribution in [0.5, 0.6) is 0 Å². The van der Waals surface area contributed by atoms with Crippen molar-refractivity contribution in [2.75, 3.05) is 0 Å². The van der Waals surface area contributed by atoms with Crippen LogP contribution >= 0.6 is 15.9 Å². The zero-order valence-corrected chi connectivity index (χ0v) is 12.2. The SMILES string of the molecule is CC.Cc1cc(Cc2ccccc2)cc(Br)n1. The summed E-state index contributed by atoms with van der Waals surface area (Å²) in [4.78, 5) is 4.29. The van der Waals surface area contributed by atoms with Crippen LogP contribution in [0, 0.1) is 6.92 Å². The molecule has 1 aromatic heterocycles. The number of hydrogen-bond acceptors (Lipinski definition) is 1. The Labute approximate surface area is 112 Å². The van der Waals surface area contributed by atoms with Gasteiger partial charge in [-0.1, -0.05) is 44.2 Å². The summed E-state index contributed by atoms with van der Waals surface area (Å²) < 4.78 is 0.911. The van der Waals surface area contributed by atoms with Gasteiger partial charge in [0, 0.05) is 5.69 Å². The fraction of sp³-hybridized carbons (Fsp3) is 0.267. The monoisotopic (exact) mass is 291 g/mol. The highest BCUT2D eigenvalue weighted by Crippen LogP contribution is 2.14. The van der Waals surface area contributed by atoms with E-state index in [1.165, 1.54) is 11.1 Å². The summed E-state index contributed by atoms with van der Waals surface area (Å²) in [6, 6.07) is 14.7. The van der Waals surface area contributed by atoms with E-state index in [0.717, 1.165) is 16.7 Å². The third-order valence-corrected chi connectivity index (χ3v) is 2.64. The van der Waals surface area contributed by atoms with E-state index in [1.54, 1.807) is 0 Å². The van der Waals surface area contributed by atoms with Crippen LogP contribution in [0.25, 0.3) is 0 Å². The topological polar surface area (TPSA) is 12.9 Å². The average molecular weight is 292 g/mol. The molecule has 1 nitrogen and oxygen atoms in total. The molecule has 0 radical (unpaired) electrons. The standard InChI is InChI=1S/C13H12BrN.C2H6/c1-10-7-12(9-13(14)15-10)8-11-5-3-2-4-6-11;1-2/h2-7,9H,8H2,1H3;1-2H3. The van der Waals surface area contributed by atoms with Gasteiger partial charge in [-0.2, -0.15) is 0 Å². The summed E-state index contributed by atoms with van der Waals surface area (Å²) >= 11 is 3.42. The Bertz CT molecular complexity index is 431. The highest BCUT2D eigenvalue weighted by atomic mass is 79.9. The first-order valence-electron chi connectivity index (χ1n) is 5.91. The molecule has 0 spiro atoms. The number of aryl methyl sites for hydroxylation is 1. The van der Waals surface area contributed by atoms with E-state index in [9.17, 15) is 0 Å². The molecule has 0 saturated heterocycles. The van der Waals surface area contributed by atoms with Gasteiger partial charge in [0.2, 0.25) is 0 Å². The van der Waals surface area contributed by atoms with Crippen molar-refractivity contribution in [1.29, 1.82) is 0 Å². The van der Waals surface area contributed by atoms with E-state index < -0.39 is 0 Å². The summed E-state index contributed by atoms with van der Waals surface area (Å²) in [5.41, 5.74) is 3.67. The quantitative estimate of drug-likeness (QED) is 0.727. The Morgan fingerprint density at radius 1 is 1.00 bits per heavy atom. The first-order valence-corrected chi connectivity index (χ1v) is 6.70. The molecule has 0 bridgehead atoms. The number of benzene rings is 1. The normalized spacial score (nSPS) is 9.41. The van der Waals surface area contributed by atoms with Gasteiger partial charge in [0.1, 0.15) is 4.60 Å². The number of pyridine rings is 1. The summed E-state index contributed by atoms with van der Waals surface area (Å²) in [6.45, 7) is 6.01. The fourth-order valence-corrected chi connectivity index (χ4v) is 2.20. The van der Waals surface area contributed by atoms with Crippen LogP contribution < -0.4 is 0 Å². The largest absolute Gasteiger partial charge is 0.246 e. The minimum absolute atomic E-state index is 0.911. The molecule has 2 heteroatoms. The third-order valence-electron chi connectivity index (χ3n) is 2.23. The molecule has 2 aromatic rings. The van der Waals surface area contributed by atoms with Crippen molar-refractivity contribution >= 4 is 15.9 Å². The summed E-state index contributed by atoms with van der Waals surface area (Å²) in [7, 11) is 0. The lowest BCUT2D eigenvalue weighted by molar-refractivity contribution is 1.10.